The average Bonchev–Trinajstić information content (AvgIpc) is 2.97. The van der Waals surface area contributed by atoms with Crippen molar-refractivity contribution >= 4 is 11.6 Å². The van der Waals surface area contributed by atoms with Gasteiger partial charge in [-0.05, 0) is 37.8 Å². The molecular weight excluding hydrogens is 270 g/mol. The Morgan fingerprint density at radius 3 is 3.19 bits per heavy atom. The van der Waals surface area contributed by atoms with Crippen molar-refractivity contribution in [3.8, 4) is 0 Å². The van der Waals surface area contributed by atoms with Gasteiger partial charge in [-0.15, -0.1) is 0 Å². The lowest BCUT2D eigenvalue weighted by molar-refractivity contribution is 0.0172. The lowest BCUT2D eigenvalue weighted by Crippen LogP contribution is -2.16. The molecule has 2 heterocycles. The minimum absolute atomic E-state index is 0.276. The van der Waals surface area contributed by atoms with Gasteiger partial charge in [0.05, 0.1) is 12.7 Å². The Kier molecular flexibility index (Phi) is 5.95. The molecule has 116 valence electrons. The lowest BCUT2D eigenvalue weighted by Gasteiger charge is -2.12. The highest BCUT2D eigenvalue weighted by molar-refractivity contribution is 5.91. The van der Waals surface area contributed by atoms with E-state index in [0.717, 1.165) is 43.7 Å². The molecule has 1 aliphatic rings. The second-order valence-corrected chi connectivity index (χ2v) is 5.24. The Hall–Kier alpha value is -1.66. The second-order valence-electron chi connectivity index (χ2n) is 5.24. The van der Waals surface area contributed by atoms with E-state index in [1.165, 1.54) is 0 Å². The maximum Gasteiger partial charge on any atom is 0.267 e. The topological polar surface area (TPSA) is 86.5 Å². The highest BCUT2D eigenvalue weighted by Crippen LogP contribution is 2.15. The zero-order valence-electron chi connectivity index (χ0n) is 12.4. The summed E-state index contributed by atoms with van der Waals surface area (Å²) >= 11 is 0. The van der Waals surface area contributed by atoms with E-state index < -0.39 is 5.91 Å². The molecule has 0 saturated carbocycles. The van der Waals surface area contributed by atoms with Gasteiger partial charge < -0.3 is 20.5 Å². The number of aryl methyl sites for hydroxylation is 1. The number of nitrogens with two attached hydrogens (primary N) is 1. The zero-order chi connectivity index (χ0) is 15.1. The quantitative estimate of drug-likeness (QED) is 0.709. The molecule has 1 unspecified atom stereocenters. The largest absolute Gasteiger partial charge is 0.385 e. The minimum atomic E-state index is -0.516. The number of hydrogen-bond donors (Lipinski definition) is 2. The summed E-state index contributed by atoms with van der Waals surface area (Å²) in [6, 6.07) is 1.69. The summed E-state index contributed by atoms with van der Waals surface area (Å²) in [5, 5.41) is 3.28. The SMILES string of the molecule is Cc1cnc(C(N)=O)cc1NCCCOCC1CCCO1. The standard InChI is InChI=1S/C15H23N3O3/c1-11-9-18-14(15(16)19)8-13(11)17-5-3-6-20-10-12-4-2-7-21-12/h8-9,12H,2-7,10H2,1H3,(H2,16,19)(H,17,18). The highest BCUT2D eigenvalue weighted by atomic mass is 16.5. The Labute approximate surface area is 125 Å². The zero-order valence-corrected chi connectivity index (χ0v) is 12.4. The fourth-order valence-corrected chi connectivity index (χ4v) is 2.24. The molecule has 2 rings (SSSR count). The summed E-state index contributed by atoms with van der Waals surface area (Å²) in [4.78, 5) is 15.1. The van der Waals surface area contributed by atoms with Crippen LogP contribution in [0.25, 0.3) is 0 Å². The summed E-state index contributed by atoms with van der Waals surface area (Å²) in [6.07, 6.45) is 5.05. The Balaban J connectivity index is 1.66. The molecule has 3 N–H and O–H groups in total. The van der Waals surface area contributed by atoms with Crippen LogP contribution in [0.5, 0.6) is 0 Å². The monoisotopic (exact) mass is 293 g/mol. The molecule has 0 radical (unpaired) electrons. The van der Waals surface area contributed by atoms with Crippen LogP contribution in [0, 0.1) is 6.92 Å². The van der Waals surface area contributed by atoms with Crippen LogP contribution >= 0.6 is 0 Å². The first-order valence-corrected chi connectivity index (χ1v) is 7.36. The van der Waals surface area contributed by atoms with E-state index in [-0.39, 0.29) is 11.8 Å². The molecule has 1 aromatic rings. The Morgan fingerprint density at radius 1 is 1.62 bits per heavy atom. The lowest BCUT2D eigenvalue weighted by atomic mass is 10.2. The number of anilines is 1. The summed E-state index contributed by atoms with van der Waals surface area (Å²) in [7, 11) is 0. The summed E-state index contributed by atoms with van der Waals surface area (Å²) < 4.78 is 11.1. The fraction of sp³-hybridized carbons (Fsp3) is 0.600. The summed E-state index contributed by atoms with van der Waals surface area (Å²) in [6.45, 7) is 4.95. The smallest absolute Gasteiger partial charge is 0.267 e. The van der Waals surface area contributed by atoms with E-state index in [0.29, 0.717) is 13.2 Å². The first kappa shape index (κ1) is 15.7. The molecular formula is C15H23N3O3. The third-order valence-corrected chi connectivity index (χ3v) is 3.46. The van der Waals surface area contributed by atoms with Gasteiger partial charge >= 0.3 is 0 Å². The molecule has 0 bridgehead atoms. The number of ether oxygens (including phenoxy) is 2. The van der Waals surface area contributed by atoms with Crippen molar-refractivity contribution in [1.29, 1.82) is 0 Å². The highest BCUT2D eigenvalue weighted by Gasteiger charge is 2.14. The molecule has 1 atom stereocenters. The van der Waals surface area contributed by atoms with Gasteiger partial charge in [0.2, 0.25) is 0 Å². The van der Waals surface area contributed by atoms with E-state index in [1.807, 2.05) is 6.92 Å². The van der Waals surface area contributed by atoms with Gasteiger partial charge in [0.25, 0.3) is 5.91 Å². The van der Waals surface area contributed by atoms with Gasteiger partial charge in [-0.1, -0.05) is 0 Å². The molecule has 0 aliphatic carbocycles. The van der Waals surface area contributed by atoms with Crippen LogP contribution in [-0.2, 0) is 9.47 Å². The number of hydrogen-bond acceptors (Lipinski definition) is 5. The third-order valence-electron chi connectivity index (χ3n) is 3.46. The molecule has 1 amide bonds. The van der Waals surface area contributed by atoms with Crippen molar-refractivity contribution < 1.29 is 14.3 Å². The number of rotatable bonds is 8. The van der Waals surface area contributed by atoms with Gasteiger partial charge in [0.15, 0.2) is 0 Å². The number of pyridine rings is 1. The van der Waals surface area contributed by atoms with Crippen LogP contribution < -0.4 is 11.1 Å². The minimum Gasteiger partial charge on any atom is -0.385 e. The van der Waals surface area contributed by atoms with Crippen molar-refractivity contribution in [2.24, 2.45) is 5.73 Å². The van der Waals surface area contributed by atoms with E-state index in [4.69, 9.17) is 15.2 Å². The molecule has 1 aliphatic heterocycles. The number of amides is 1. The van der Waals surface area contributed by atoms with Crippen LogP contribution in [0.2, 0.25) is 0 Å². The fourth-order valence-electron chi connectivity index (χ4n) is 2.24. The molecule has 21 heavy (non-hydrogen) atoms. The first-order chi connectivity index (χ1) is 10.2. The molecule has 6 nitrogen and oxygen atoms in total. The van der Waals surface area contributed by atoms with Gasteiger partial charge in [0, 0.05) is 31.6 Å². The second kappa shape index (κ2) is 7.95. The maximum absolute atomic E-state index is 11.1. The van der Waals surface area contributed by atoms with Crippen molar-refractivity contribution in [2.75, 3.05) is 31.7 Å². The molecule has 0 aromatic carbocycles. The number of nitrogens with zero attached hydrogens (tertiary/aromatic N) is 1. The first-order valence-electron chi connectivity index (χ1n) is 7.36. The molecule has 1 aromatic heterocycles. The van der Waals surface area contributed by atoms with Gasteiger partial charge in [-0.25, -0.2) is 0 Å². The van der Waals surface area contributed by atoms with Crippen LogP contribution in [-0.4, -0.2) is 43.4 Å². The van der Waals surface area contributed by atoms with Gasteiger partial charge in [0.1, 0.15) is 5.69 Å². The molecule has 0 spiro atoms. The predicted octanol–water partition coefficient (Wildman–Crippen LogP) is 1.49. The van der Waals surface area contributed by atoms with Crippen molar-refractivity contribution in [1.82, 2.24) is 4.98 Å². The number of carbonyl (C=O) groups excluding carboxylic acids is 1. The summed E-state index contributed by atoms with van der Waals surface area (Å²) in [5.74, 6) is -0.516. The predicted molar refractivity (Wildman–Crippen MR) is 80.4 cm³/mol. The molecule has 1 saturated heterocycles. The van der Waals surface area contributed by atoms with E-state index in [1.54, 1.807) is 12.3 Å². The number of nitrogens with one attached hydrogen (secondary N) is 1. The third kappa shape index (κ3) is 4.99. The Morgan fingerprint density at radius 2 is 2.48 bits per heavy atom. The van der Waals surface area contributed by atoms with E-state index in [2.05, 4.69) is 10.3 Å². The Bertz CT molecular complexity index is 473. The number of carbonyl (C=O) groups is 1. The van der Waals surface area contributed by atoms with Crippen molar-refractivity contribution in [3.05, 3.63) is 23.5 Å². The van der Waals surface area contributed by atoms with Crippen LogP contribution in [0.3, 0.4) is 0 Å². The number of aromatic nitrogens is 1. The molecule has 1 fully saturated rings. The van der Waals surface area contributed by atoms with Gasteiger partial charge in [-0.3, -0.25) is 9.78 Å². The van der Waals surface area contributed by atoms with Crippen LogP contribution in [0.1, 0.15) is 35.3 Å². The normalized spacial score (nSPS) is 17.9. The summed E-state index contributed by atoms with van der Waals surface area (Å²) in [5.41, 5.74) is 7.37. The van der Waals surface area contributed by atoms with E-state index >= 15 is 0 Å². The molecule has 6 heteroatoms. The average molecular weight is 293 g/mol. The van der Waals surface area contributed by atoms with Crippen LogP contribution in [0.15, 0.2) is 12.3 Å². The van der Waals surface area contributed by atoms with Crippen molar-refractivity contribution in [2.45, 2.75) is 32.3 Å². The van der Waals surface area contributed by atoms with Crippen molar-refractivity contribution in [3.63, 3.8) is 0 Å². The van der Waals surface area contributed by atoms with Gasteiger partial charge in [-0.2, -0.15) is 0 Å². The van der Waals surface area contributed by atoms with E-state index in [9.17, 15) is 4.79 Å². The maximum atomic E-state index is 11.1. The van der Waals surface area contributed by atoms with Crippen LogP contribution in [0.4, 0.5) is 5.69 Å². The number of primary amides is 1.